The van der Waals surface area contributed by atoms with E-state index in [1.165, 1.54) is 16.1 Å². The number of rotatable bonds is 4. The van der Waals surface area contributed by atoms with E-state index in [2.05, 4.69) is 15.4 Å². The molecule has 2 aromatic rings. The zero-order chi connectivity index (χ0) is 11.5. The van der Waals surface area contributed by atoms with Crippen LogP contribution in [0.15, 0.2) is 11.4 Å². The lowest BCUT2D eigenvalue weighted by Gasteiger charge is -2.03. The molecule has 0 bridgehead atoms. The SMILES string of the molecule is COc1csc(C(O)Cc2nnn(C)n2)c1. The monoisotopic (exact) mass is 240 g/mol. The lowest BCUT2D eigenvalue weighted by Crippen LogP contribution is -2.02. The van der Waals surface area contributed by atoms with E-state index in [0.717, 1.165) is 10.6 Å². The second kappa shape index (κ2) is 4.58. The maximum atomic E-state index is 9.93. The Morgan fingerprint density at radius 2 is 2.44 bits per heavy atom. The molecule has 0 aromatic carbocycles. The Morgan fingerprint density at radius 1 is 1.62 bits per heavy atom. The van der Waals surface area contributed by atoms with Crippen molar-refractivity contribution >= 4 is 11.3 Å². The van der Waals surface area contributed by atoms with Crippen LogP contribution in [0.2, 0.25) is 0 Å². The van der Waals surface area contributed by atoms with Crippen molar-refractivity contribution < 1.29 is 9.84 Å². The van der Waals surface area contributed by atoms with Crippen LogP contribution in [0.3, 0.4) is 0 Å². The summed E-state index contributed by atoms with van der Waals surface area (Å²) in [6.07, 6.45) is -0.254. The molecule has 0 radical (unpaired) electrons. The van der Waals surface area contributed by atoms with Crippen molar-refractivity contribution in [1.29, 1.82) is 0 Å². The van der Waals surface area contributed by atoms with Gasteiger partial charge in [-0.3, -0.25) is 0 Å². The summed E-state index contributed by atoms with van der Waals surface area (Å²) in [6.45, 7) is 0. The summed E-state index contributed by atoms with van der Waals surface area (Å²) in [4.78, 5) is 2.21. The van der Waals surface area contributed by atoms with Crippen LogP contribution in [0.4, 0.5) is 0 Å². The first-order valence-corrected chi connectivity index (χ1v) is 5.60. The van der Waals surface area contributed by atoms with Gasteiger partial charge >= 0.3 is 0 Å². The van der Waals surface area contributed by atoms with Crippen LogP contribution in [-0.4, -0.2) is 32.4 Å². The fourth-order valence-corrected chi connectivity index (χ4v) is 2.14. The van der Waals surface area contributed by atoms with E-state index in [0.29, 0.717) is 12.2 Å². The summed E-state index contributed by atoms with van der Waals surface area (Å²) in [5.41, 5.74) is 0. The lowest BCUT2D eigenvalue weighted by molar-refractivity contribution is 0.179. The van der Waals surface area contributed by atoms with Gasteiger partial charge in [0, 0.05) is 16.7 Å². The highest BCUT2D eigenvalue weighted by atomic mass is 32.1. The number of hydrogen-bond acceptors (Lipinski definition) is 6. The molecular formula is C9H12N4O2S. The third-order valence-corrected chi connectivity index (χ3v) is 3.10. The first kappa shape index (κ1) is 11.0. The molecule has 7 heteroatoms. The Balaban J connectivity index is 2.05. The fourth-order valence-electron chi connectivity index (χ4n) is 1.29. The van der Waals surface area contributed by atoms with E-state index in [1.54, 1.807) is 14.2 Å². The Bertz CT molecular complexity index is 468. The molecule has 0 fully saturated rings. The molecule has 2 rings (SSSR count). The fraction of sp³-hybridized carbons (Fsp3) is 0.444. The zero-order valence-corrected chi connectivity index (χ0v) is 9.81. The summed E-state index contributed by atoms with van der Waals surface area (Å²) >= 11 is 1.45. The van der Waals surface area contributed by atoms with Gasteiger partial charge < -0.3 is 9.84 Å². The molecular weight excluding hydrogens is 228 g/mol. The van der Waals surface area contributed by atoms with E-state index in [9.17, 15) is 5.11 Å². The Morgan fingerprint density at radius 3 is 3.00 bits per heavy atom. The highest BCUT2D eigenvalue weighted by Crippen LogP contribution is 2.28. The molecule has 2 aromatic heterocycles. The topological polar surface area (TPSA) is 73.1 Å². The molecule has 0 saturated heterocycles. The lowest BCUT2D eigenvalue weighted by atomic mass is 10.2. The average Bonchev–Trinajstić information content (AvgIpc) is 2.87. The van der Waals surface area contributed by atoms with Gasteiger partial charge in [0.05, 0.1) is 20.3 Å². The number of hydrogen-bond donors (Lipinski definition) is 1. The highest BCUT2D eigenvalue weighted by Gasteiger charge is 2.14. The van der Waals surface area contributed by atoms with Crippen molar-refractivity contribution in [2.24, 2.45) is 7.05 Å². The first-order chi connectivity index (χ1) is 7.69. The van der Waals surface area contributed by atoms with Gasteiger partial charge in [-0.1, -0.05) is 0 Å². The number of methoxy groups -OCH3 is 1. The van der Waals surface area contributed by atoms with Crippen LogP contribution in [0, 0.1) is 0 Å². The van der Waals surface area contributed by atoms with Gasteiger partial charge in [-0.2, -0.15) is 4.80 Å². The van der Waals surface area contributed by atoms with Gasteiger partial charge in [0.25, 0.3) is 0 Å². The molecule has 1 atom stereocenters. The molecule has 1 N–H and O–H groups in total. The molecule has 6 nitrogen and oxygen atoms in total. The van der Waals surface area contributed by atoms with Crippen molar-refractivity contribution in [3.63, 3.8) is 0 Å². The molecule has 86 valence electrons. The van der Waals surface area contributed by atoms with Crippen molar-refractivity contribution in [3.8, 4) is 5.75 Å². The first-order valence-electron chi connectivity index (χ1n) is 4.72. The highest BCUT2D eigenvalue weighted by molar-refractivity contribution is 7.10. The van der Waals surface area contributed by atoms with Crippen molar-refractivity contribution in [3.05, 3.63) is 22.1 Å². The molecule has 0 amide bonds. The minimum Gasteiger partial charge on any atom is -0.496 e. The summed E-state index contributed by atoms with van der Waals surface area (Å²) in [5.74, 6) is 1.29. The molecule has 1 unspecified atom stereocenters. The summed E-state index contributed by atoms with van der Waals surface area (Å²) in [5, 5.41) is 23.3. The van der Waals surface area contributed by atoms with Gasteiger partial charge in [-0.05, 0) is 11.3 Å². The van der Waals surface area contributed by atoms with Crippen LogP contribution < -0.4 is 4.74 Å². The predicted octanol–water partition coefficient (Wildman–Crippen LogP) is 0.556. The van der Waals surface area contributed by atoms with Gasteiger partial charge in [-0.15, -0.1) is 21.5 Å². The maximum Gasteiger partial charge on any atom is 0.177 e. The summed E-state index contributed by atoms with van der Waals surface area (Å²) in [7, 11) is 3.29. The van der Waals surface area contributed by atoms with Crippen molar-refractivity contribution in [2.45, 2.75) is 12.5 Å². The minimum absolute atomic E-state index is 0.359. The Labute approximate surface area is 96.5 Å². The molecule has 0 aliphatic carbocycles. The third kappa shape index (κ3) is 2.37. The van der Waals surface area contributed by atoms with E-state index >= 15 is 0 Å². The van der Waals surface area contributed by atoms with Crippen LogP contribution in [0.25, 0.3) is 0 Å². The molecule has 0 spiro atoms. The second-order valence-corrected chi connectivity index (χ2v) is 4.25. The van der Waals surface area contributed by atoms with Gasteiger partial charge in [-0.25, -0.2) is 0 Å². The zero-order valence-electron chi connectivity index (χ0n) is 8.99. The number of aromatic nitrogens is 4. The maximum absolute atomic E-state index is 9.93. The predicted molar refractivity (Wildman–Crippen MR) is 58.3 cm³/mol. The third-order valence-electron chi connectivity index (χ3n) is 2.09. The molecule has 2 heterocycles. The van der Waals surface area contributed by atoms with E-state index in [-0.39, 0.29) is 0 Å². The molecule has 0 aliphatic heterocycles. The Hall–Kier alpha value is -1.47. The molecule has 0 aliphatic rings. The Kier molecular flexibility index (Phi) is 3.16. The summed E-state index contributed by atoms with van der Waals surface area (Å²) < 4.78 is 5.05. The van der Waals surface area contributed by atoms with E-state index < -0.39 is 6.10 Å². The summed E-state index contributed by atoms with van der Waals surface area (Å²) in [6, 6.07) is 1.81. The van der Waals surface area contributed by atoms with Crippen LogP contribution >= 0.6 is 11.3 Å². The van der Waals surface area contributed by atoms with Crippen LogP contribution in [0.5, 0.6) is 5.75 Å². The normalized spacial score (nSPS) is 12.7. The van der Waals surface area contributed by atoms with Crippen molar-refractivity contribution in [1.82, 2.24) is 20.2 Å². The second-order valence-electron chi connectivity index (χ2n) is 3.30. The number of tetrazole rings is 1. The number of ether oxygens (including phenoxy) is 1. The number of aliphatic hydroxyl groups is 1. The van der Waals surface area contributed by atoms with E-state index in [1.807, 2.05) is 11.4 Å². The smallest absolute Gasteiger partial charge is 0.177 e. The van der Waals surface area contributed by atoms with Crippen molar-refractivity contribution in [2.75, 3.05) is 7.11 Å². The average molecular weight is 240 g/mol. The van der Waals surface area contributed by atoms with E-state index in [4.69, 9.17) is 4.74 Å². The van der Waals surface area contributed by atoms with Crippen LogP contribution in [-0.2, 0) is 13.5 Å². The van der Waals surface area contributed by atoms with Gasteiger partial charge in [0.15, 0.2) is 5.82 Å². The standard InChI is InChI=1S/C9H12N4O2S/c1-13-11-9(10-12-13)4-7(14)8-3-6(15-2)5-16-8/h3,5,7,14H,4H2,1-2H3. The number of aryl methyl sites for hydroxylation is 1. The number of nitrogens with zero attached hydrogens (tertiary/aromatic N) is 4. The quantitative estimate of drug-likeness (QED) is 0.845. The molecule has 0 saturated carbocycles. The number of aliphatic hydroxyl groups excluding tert-OH is 1. The minimum atomic E-state index is -0.613. The van der Waals surface area contributed by atoms with Gasteiger partial charge in [0.2, 0.25) is 0 Å². The largest absolute Gasteiger partial charge is 0.496 e. The van der Waals surface area contributed by atoms with Crippen LogP contribution in [0.1, 0.15) is 16.8 Å². The molecule has 16 heavy (non-hydrogen) atoms. The number of thiophene rings is 1. The van der Waals surface area contributed by atoms with Gasteiger partial charge in [0.1, 0.15) is 5.75 Å².